The minimum absolute atomic E-state index is 0.0638. The van der Waals surface area contributed by atoms with Crippen LogP contribution in [0.1, 0.15) is 16.7 Å². The molecule has 0 saturated carbocycles. The Kier molecular flexibility index (Phi) is 6.94. The molecule has 0 aromatic heterocycles. The zero-order valence-corrected chi connectivity index (χ0v) is 18.8. The van der Waals surface area contributed by atoms with E-state index < -0.39 is 11.8 Å². The number of nitrogens with one attached hydrogen (secondary N) is 3. The summed E-state index contributed by atoms with van der Waals surface area (Å²) in [6.45, 7) is 3.50. The van der Waals surface area contributed by atoms with Crippen LogP contribution < -0.4 is 20.7 Å². The third kappa shape index (κ3) is 5.61. The Hall–Kier alpha value is -2.94. The van der Waals surface area contributed by atoms with Gasteiger partial charge in [-0.25, -0.2) is 0 Å². The average Bonchev–Trinajstić information content (AvgIpc) is 2.67. The SMILES string of the molecule is Cc1ccc(C)c(NC(=O)COc2c(Cl)cc(C=C3C(=O)NC(=S)NC3=O)cc2Cl)c1. The van der Waals surface area contributed by atoms with E-state index in [1.165, 1.54) is 18.2 Å². The molecule has 1 aliphatic heterocycles. The van der Waals surface area contributed by atoms with Gasteiger partial charge < -0.3 is 10.1 Å². The molecule has 0 atom stereocenters. The first kappa shape index (κ1) is 22.7. The Morgan fingerprint density at radius 1 is 1.10 bits per heavy atom. The summed E-state index contributed by atoms with van der Waals surface area (Å²) < 4.78 is 5.50. The first-order valence-electron chi connectivity index (χ1n) is 9.01. The van der Waals surface area contributed by atoms with Crippen molar-refractivity contribution >= 4 is 70.0 Å². The number of anilines is 1. The second kappa shape index (κ2) is 9.47. The van der Waals surface area contributed by atoms with Gasteiger partial charge in [-0.15, -0.1) is 0 Å². The summed E-state index contributed by atoms with van der Waals surface area (Å²) in [4.78, 5) is 36.2. The number of hydrogen-bond acceptors (Lipinski definition) is 5. The van der Waals surface area contributed by atoms with E-state index in [1.807, 2.05) is 32.0 Å². The number of carbonyl (C=O) groups excluding carboxylic acids is 3. The van der Waals surface area contributed by atoms with Crippen LogP contribution in [0.3, 0.4) is 0 Å². The molecule has 0 unspecified atom stereocenters. The number of ether oxygens (including phenoxy) is 1. The van der Waals surface area contributed by atoms with Crippen LogP contribution in [0, 0.1) is 13.8 Å². The van der Waals surface area contributed by atoms with Crippen molar-refractivity contribution in [3.63, 3.8) is 0 Å². The molecule has 160 valence electrons. The Morgan fingerprint density at radius 3 is 2.32 bits per heavy atom. The van der Waals surface area contributed by atoms with Crippen LogP contribution in [0.15, 0.2) is 35.9 Å². The van der Waals surface area contributed by atoms with Gasteiger partial charge in [-0.2, -0.15) is 0 Å². The summed E-state index contributed by atoms with van der Waals surface area (Å²) in [7, 11) is 0. The standard InChI is InChI=1S/C21H17Cl2N3O4S/c1-10-3-4-11(2)16(5-10)24-17(27)9-30-18-14(22)7-12(8-15(18)23)6-13-19(28)25-21(31)26-20(13)29/h3-8H,9H2,1-2H3,(H,24,27)(H2,25,26,28,29,31). The van der Waals surface area contributed by atoms with E-state index in [-0.39, 0.29) is 39.0 Å². The van der Waals surface area contributed by atoms with E-state index in [0.717, 1.165) is 11.1 Å². The van der Waals surface area contributed by atoms with Gasteiger partial charge in [0.05, 0.1) is 10.0 Å². The van der Waals surface area contributed by atoms with Crippen molar-refractivity contribution in [3.05, 3.63) is 62.6 Å². The molecular formula is C21H17Cl2N3O4S. The Balaban J connectivity index is 1.72. The van der Waals surface area contributed by atoms with Gasteiger partial charge >= 0.3 is 0 Å². The molecule has 3 rings (SSSR count). The smallest absolute Gasteiger partial charge is 0.263 e. The third-order valence-electron chi connectivity index (χ3n) is 4.29. The maximum atomic E-state index is 12.3. The van der Waals surface area contributed by atoms with Crippen LogP contribution in [0.2, 0.25) is 10.0 Å². The van der Waals surface area contributed by atoms with E-state index in [0.29, 0.717) is 11.3 Å². The number of thiocarbonyl (C=S) groups is 1. The molecule has 3 N–H and O–H groups in total. The first-order valence-corrected chi connectivity index (χ1v) is 10.2. The van der Waals surface area contributed by atoms with Crippen molar-refractivity contribution in [3.8, 4) is 5.75 Å². The lowest BCUT2D eigenvalue weighted by atomic mass is 10.1. The quantitative estimate of drug-likeness (QED) is 0.347. The molecule has 1 fully saturated rings. The number of amides is 3. The molecule has 7 nitrogen and oxygen atoms in total. The van der Waals surface area contributed by atoms with Crippen LogP contribution >= 0.6 is 35.4 Å². The highest BCUT2D eigenvalue weighted by molar-refractivity contribution is 7.80. The Bertz CT molecular complexity index is 1100. The number of rotatable bonds is 5. The topological polar surface area (TPSA) is 96.5 Å². The Labute approximate surface area is 193 Å². The number of hydrogen-bond donors (Lipinski definition) is 3. The van der Waals surface area contributed by atoms with Crippen molar-refractivity contribution in [1.29, 1.82) is 0 Å². The van der Waals surface area contributed by atoms with Crippen molar-refractivity contribution in [2.45, 2.75) is 13.8 Å². The lowest BCUT2D eigenvalue weighted by Crippen LogP contribution is -2.51. The van der Waals surface area contributed by atoms with Gasteiger partial charge in [0.1, 0.15) is 5.57 Å². The number of halogens is 2. The van der Waals surface area contributed by atoms with Crippen molar-refractivity contribution < 1.29 is 19.1 Å². The fourth-order valence-corrected chi connectivity index (χ4v) is 3.57. The molecule has 2 aromatic carbocycles. The first-order chi connectivity index (χ1) is 14.6. The van der Waals surface area contributed by atoms with E-state index >= 15 is 0 Å². The molecule has 31 heavy (non-hydrogen) atoms. The van der Waals surface area contributed by atoms with Gasteiger partial charge in [0.2, 0.25) is 0 Å². The molecule has 0 spiro atoms. The van der Waals surface area contributed by atoms with Gasteiger partial charge in [-0.1, -0.05) is 35.3 Å². The highest BCUT2D eigenvalue weighted by Crippen LogP contribution is 2.35. The van der Waals surface area contributed by atoms with E-state index in [2.05, 4.69) is 16.0 Å². The van der Waals surface area contributed by atoms with Gasteiger partial charge in [-0.05, 0) is 67.0 Å². The van der Waals surface area contributed by atoms with Crippen LogP contribution in [0.4, 0.5) is 5.69 Å². The fraction of sp³-hybridized carbons (Fsp3) is 0.143. The van der Waals surface area contributed by atoms with Gasteiger partial charge in [0, 0.05) is 5.69 Å². The van der Waals surface area contributed by atoms with E-state index in [4.69, 9.17) is 40.2 Å². The van der Waals surface area contributed by atoms with Crippen LogP contribution in [-0.4, -0.2) is 29.4 Å². The summed E-state index contributed by atoms with van der Waals surface area (Å²) in [6.07, 6.45) is 1.32. The minimum Gasteiger partial charge on any atom is -0.481 e. The molecule has 2 aromatic rings. The molecule has 1 heterocycles. The molecule has 10 heteroatoms. The summed E-state index contributed by atoms with van der Waals surface area (Å²) in [5.41, 5.74) is 2.87. The molecule has 3 amide bonds. The highest BCUT2D eigenvalue weighted by atomic mass is 35.5. The van der Waals surface area contributed by atoms with Crippen LogP contribution in [-0.2, 0) is 14.4 Å². The molecule has 0 bridgehead atoms. The molecule has 1 aliphatic rings. The lowest BCUT2D eigenvalue weighted by Gasteiger charge is -2.16. The van der Waals surface area contributed by atoms with Gasteiger partial charge in [0.15, 0.2) is 17.5 Å². The Morgan fingerprint density at radius 2 is 1.71 bits per heavy atom. The van der Waals surface area contributed by atoms with Crippen LogP contribution in [0.5, 0.6) is 5.75 Å². The minimum atomic E-state index is -0.635. The van der Waals surface area contributed by atoms with E-state index in [1.54, 1.807) is 0 Å². The fourth-order valence-electron chi connectivity index (χ4n) is 2.77. The van der Waals surface area contributed by atoms with Gasteiger partial charge in [0.25, 0.3) is 17.7 Å². The number of aryl methyl sites for hydroxylation is 2. The summed E-state index contributed by atoms with van der Waals surface area (Å²) in [6, 6.07) is 8.65. The highest BCUT2D eigenvalue weighted by Gasteiger charge is 2.26. The second-order valence-electron chi connectivity index (χ2n) is 6.76. The lowest BCUT2D eigenvalue weighted by molar-refractivity contribution is -0.123. The van der Waals surface area contributed by atoms with Crippen LogP contribution in [0.25, 0.3) is 6.08 Å². The number of benzene rings is 2. The monoisotopic (exact) mass is 477 g/mol. The normalized spacial score (nSPS) is 13.4. The maximum Gasteiger partial charge on any atom is 0.263 e. The number of carbonyl (C=O) groups is 3. The van der Waals surface area contributed by atoms with Crippen molar-refractivity contribution in [2.24, 2.45) is 0 Å². The third-order valence-corrected chi connectivity index (χ3v) is 5.06. The van der Waals surface area contributed by atoms with E-state index in [9.17, 15) is 14.4 Å². The molecule has 0 radical (unpaired) electrons. The summed E-state index contributed by atoms with van der Waals surface area (Å²) in [5, 5.41) is 7.63. The molecule has 0 aliphatic carbocycles. The largest absolute Gasteiger partial charge is 0.481 e. The maximum absolute atomic E-state index is 12.3. The summed E-state index contributed by atoms with van der Waals surface area (Å²) >= 11 is 17.2. The second-order valence-corrected chi connectivity index (χ2v) is 7.99. The average molecular weight is 478 g/mol. The zero-order valence-electron chi connectivity index (χ0n) is 16.5. The zero-order chi connectivity index (χ0) is 22.7. The predicted octanol–water partition coefficient (Wildman–Crippen LogP) is 3.54. The van der Waals surface area contributed by atoms with Gasteiger partial charge in [-0.3, -0.25) is 25.0 Å². The summed E-state index contributed by atoms with van der Waals surface area (Å²) in [5.74, 6) is -1.53. The van der Waals surface area contributed by atoms with Crippen molar-refractivity contribution in [1.82, 2.24) is 10.6 Å². The molecule has 1 saturated heterocycles. The molecular weight excluding hydrogens is 461 g/mol. The predicted molar refractivity (Wildman–Crippen MR) is 123 cm³/mol. The van der Waals surface area contributed by atoms with Crippen molar-refractivity contribution in [2.75, 3.05) is 11.9 Å².